The first-order chi connectivity index (χ1) is 7.86. The van der Waals surface area contributed by atoms with Gasteiger partial charge >= 0.3 is 0 Å². The lowest BCUT2D eigenvalue weighted by atomic mass is 10.1. The second kappa shape index (κ2) is 3.87. The van der Waals surface area contributed by atoms with Gasteiger partial charge in [0, 0.05) is 5.56 Å². The molecule has 0 saturated heterocycles. The second-order valence-corrected chi connectivity index (χ2v) is 4.39. The molecule has 16 heavy (non-hydrogen) atoms. The third-order valence-electron chi connectivity index (χ3n) is 2.98. The van der Waals surface area contributed by atoms with Gasteiger partial charge in [-0.05, 0) is 24.8 Å². The summed E-state index contributed by atoms with van der Waals surface area (Å²) < 4.78 is 0. The second-order valence-electron chi connectivity index (χ2n) is 4.01. The fourth-order valence-electron chi connectivity index (χ4n) is 2.15. The van der Waals surface area contributed by atoms with Gasteiger partial charge in [0.15, 0.2) is 0 Å². The molecule has 1 aliphatic carbocycles. The first kappa shape index (κ1) is 9.79. The van der Waals surface area contributed by atoms with Crippen LogP contribution in [0.3, 0.4) is 0 Å². The van der Waals surface area contributed by atoms with E-state index in [9.17, 15) is 0 Å². The summed E-state index contributed by atoms with van der Waals surface area (Å²) >= 11 is 6.39. The van der Waals surface area contributed by atoms with E-state index in [1.54, 1.807) is 0 Å². The summed E-state index contributed by atoms with van der Waals surface area (Å²) in [7, 11) is 0. The molecule has 0 atom stereocenters. The van der Waals surface area contributed by atoms with E-state index in [0.29, 0.717) is 0 Å². The molecule has 3 rings (SSSR count). The lowest BCUT2D eigenvalue weighted by molar-refractivity contribution is 0.880. The Balaban J connectivity index is 2.16. The van der Waals surface area contributed by atoms with Gasteiger partial charge in [-0.3, -0.25) is 0 Å². The smallest absolute Gasteiger partial charge is 0.112 e. The minimum Gasteiger partial charge on any atom is -0.155 e. The van der Waals surface area contributed by atoms with Crippen molar-refractivity contribution in [1.82, 2.24) is 10.2 Å². The average molecular weight is 231 g/mol. The topological polar surface area (TPSA) is 25.8 Å². The average Bonchev–Trinajstić information content (AvgIpc) is 2.80. The van der Waals surface area contributed by atoms with Crippen molar-refractivity contribution in [3.05, 3.63) is 46.6 Å². The molecule has 0 amide bonds. The van der Waals surface area contributed by atoms with Crippen LogP contribution in [-0.2, 0) is 12.8 Å². The zero-order valence-electron chi connectivity index (χ0n) is 8.78. The maximum Gasteiger partial charge on any atom is 0.112 e. The van der Waals surface area contributed by atoms with E-state index < -0.39 is 0 Å². The highest BCUT2D eigenvalue weighted by molar-refractivity contribution is 6.33. The van der Waals surface area contributed by atoms with Crippen LogP contribution in [0.1, 0.15) is 17.7 Å². The molecule has 0 spiro atoms. The van der Waals surface area contributed by atoms with Gasteiger partial charge in [0.25, 0.3) is 0 Å². The number of hydrogen-bond acceptors (Lipinski definition) is 2. The van der Waals surface area contributed by atoms with Crippen LogP contribution in [-0.4, -0.2) is 10.2 Å². The Kier molecular flexibility index (Phi) is 2.37. The van der Waals surface area contributed by atoms with Crippen LogP contribution >= 0.6 is 11.6 Å². The van der Waals surface area contributed by atoms with Gasteiger partial charge in [-0.2, -0.15) is 5.10 Å². The number of aryl methyl sites for hydroxylation is 1. The Labute approximate surface area is 99.3 Å². The maximum absolute atomic E-state index is 6.39. The van der Waals surface area contributed by atoms with Crippen molar-refractivity contribution in [3.8, 4) is 11.3 Å². The largest absolute Gasteiger partial charge is 0.155 e. The summed E-state index contributed by atoms with van der Waals surface area (Å²) in [6.45, 7) is 0. The third-order valence-corrected chi connectivity index (χ3v) is 3.39. The molecule has 0 radical (unpaired) electrons. The molecule has 1 aromatic carbocycles. The molecule has 0 unspecified atom stereocenters. The highest BCUT2D eigenvalue weighted by Gasteiger charge is 2.19. The molecular weight excluding hydrogens is 220 g/mol. The summed E-state index contributed by atoms with van der Waals surface area (Å²) in [4.78, 5) is 0. The van der Waals surface area contributed by atoms with Gasteiger partial charge in [-0.25, -0.2) is 0 Å². The van der Waals surface area contributed by atoms with Crippen molar-refractivity contribution in [2.75, 3.05) is 0 Å². The van der Waals surface area contributed by atoms with Crippen molar-refractivity contribution < 1.29 is 0 Å². The number of halogens is 1. The Morgan fingerprint density at radius 1 is 1.00 bits per heavy atom. The van der Waals surface area contributed by atoms with Crippen molar-refractivity contribution in [2.45, 2.75) is 19.3 Å². The van der Waals surface area contributed by atoms with Crippen molar-refractivity contribution in [2.24, 2.45) is 0 Å². The van der Waals surface area contributed by atoms with Crippen LogP contribution in [0.25, 0.3) is 11.3 Å². The van der Waals surface area contributed by atoms with Crippen molar-refractivity contribution in [1.29, 1.82) is 0 Å². The molecule has 0 bridgehead atoms. The zero-order chi connectivity index (χ0) is 11.0. The van der Waals surface area contributed by atoms with Gasteiger partial charge < -0.3 is 0 Å². The summed E-state index contributed by atoms with van der Waals surface area (Å²) in [6.07, 6.45) is 3.18. The Morgan fingerprint density at radius 3 is 2.62 bits per heavy atom. The van der Waals surface area contributed by atoms with Gasteiger partial charge in [-0.15, -0.1) is 5.10 Å². The van der Waals surface area contributed by atoms with Crippen molar-refractivity contribution in [3.63, 3.8) is 0 Å². The van der Waals surface area contributed by atoms with E-state index in [-0.39, 0.29) is 0 Å². The molecular formula is C13H11ClN2. The van der Waals surface area contributed by atoms with Crippen LogP contribution in [0, 0.1) is 0 Å². The molecule has 0 aliphatic heterocycles. The summed E-state index contributed by atoms with van der Waals surface area (Å²) in [5.74, 6) is 0. The van der Waals surface area contributed by atoms with E-state index in [1.165, 1.54) is 5.56 Å². The quantitative estimate of drug-likeness (QED) is 0.751. The molecule has 1 aliphatic rings. The minimum atomic E-state index is 0.786. The van der Waals surface area contributed by atoms with E-state index >= 15 is 0 Å². The van der Waals surface area contributed by atoms with E-state index in [1.807, 2.05) is 30.3 Å². The predicted molar refractivity (Wildman–Crippen MR) is 64.5 cm³/mol. The Hall–Kier alpha value is -1.41. The van der Waals surface area contributed by atoms with Gasteiger partial charge in [0.1, 0.15) is 5.69 Å². The van der Waals surface area contributed by atoms with Crippen LogP contribution in [0.15, 0.2) is 30.3 Å². The molecule has 2 aromatic rings. The van der Waals surface area contributed by atoms with Crippen LogP contribution in [0.5, 0.6) is 0 Å². The van der Waals surface area contributed by atoms with Gasteiger partial charge in [-0.1, -0.05) is 41.9 Å². The molecule has 1 heterocycles. The normalized spacial score (nSPS) is 13.8. The molecule has 0 N–H and O–H groups in total. The third kappa shape index (κ3) is 1.50. The minimum absolute atomic E-state index is 0.786. The SMILES string of the molecule is Clc1c(-c2ccccc2)nnc2c1CCC2. The fraction of sp³-hybridized carbons (Fsp3) is 0.231. The van der Waals surface area contributed by atoms with Crippen molar-refractivity contribution >= 4 is 11.6 Å². The summed E-state index contributed by atoms with van der Waals surface area (Å²) in [5.41, 5.74) is 4.11. The number of aromatic nitrogens is 2. The standard InChI is InChI=1S/C13H11ClN2/c14-12-10-7-4-8-11(10)15-16-13(12)9-5-2-1-3-6-9/h1-3,5-6H,4,7-8H2. The molecule has 0 fully saturated rings. The number of fused-ring (bicyclic) bond motifs is 1. The monoisotopic (exact) mass is 230 g/mol. The number of nitrogens with zero attached hydrogens (tertiary/aromatic N) is 2. The molecule has 2 nitrogen and oxygen atoms in total. The number of benzene rings is 1. The highest BCUT2D eigenvalue weighted by Crippen LogP contribution is 2.33. The Bertz CT molecular complexity index is 523. The summed E-state index contributed by atoms with van der Waals surface area (Å²) in [5, 5.41) is 9.29. The van der Waals surface area contributed by atoms with E-state index in [2.05, 4.69) is 10.2 Å². The predicted octanol–water partition coefficient (Wildman–Crippen LogP) is 3.29. The summed E-state index contributed by atoms with van der Waals surface area (Å²) in [6, 6.07) is 9.98. The van der Waals surface area contributed by atoms with Gasteiger partial charge in [0.05, 0.1) is 10.7 Å². The lowest BCUT2D eigenvalue weighted by Gasteiger charge is -2.06. The lowest BCUT2D eigenvalue weighted by Crippen LogP contribution is -1.96. The number of rotatable bonds is 1. The fourth-order valence-corrected chi connectivity index (χ4v) is 2.50. The van der Waals surface area contributed by atoms with Crippen LogP contribution < -0.4 is 0 Å². The highest BCUT2D eigenvalue weighted by atomic mass is 35.5. The maximum atomic E-state index is 6.39. The van der Waals surface area contributed by atoms with Crippen LogP contribution in [0.2, 0.25) is 5.02 Å². The molecule has 1 aromatic heterocycles. The zero-order valence-corrected chi connectivity index (χ0v) is 9.54. The molecule has 0 saturated carbocycles. The first-order valence-electron chi connectivity index (χ1n) is 5.45. The Morgan fingerprint density at radius 2 is 1.81 bits per heavy atom. The van der Waals surface area contributed by atoms with Crippen LogP contribution in [0.4, 0.5) is 0 Å². The van der Waals surface area contributed by atoms with Gasteiger partial charge in [0.2, 0.25) is 0 Å². The number of hydrogen-bond donors (Lipinski definition) is 0. The first-order valence-corrected chi connectivity index (χ1v) is 5.83. The van der Waals surface area contributed by atoms with E-state index in [0.717, 1.165) is 41.2 Å². The molecule has 3 heteroatoms. The molecule has 80 valence electrons. The van der Waals surface area contributed by atoms with E-state index in [4.69, 9.17) is 11.6 Å².